The Hall–Kier alpha value is -2.11. The molecule has 17 heavy (non-hydrogen) atoms. The first-order valence-electron chi connectivity index (χ1n) is 5.08. The van der Waals surface area contributed by atoms with Crippen molar-refractivity contribution in [2.24, 2.45) is 5.73 Å². The zero-order chi connectivity index (χ0) is 13.0. The summed E-state index contributed by atoms with van der Waals surface area (Å²) in [6.07, 6.45) is 0.0322. The molecule has 0 heterocycles. The number of benzene rings is 1. The Labute approximate surface area is 98.5 Å². The third-order valence-electron chi connectivity index (χ3n) is 2.19. The van der Waals surface area contributed by atoms with Crippen molar-refractivity contribution in [3.63, 3.8) is 0 Å². The second-order valence-electron chi connectivity index (χ2n) is 3.75. The molecule has 0 unspecified atom stereocenters. The minimum Gasteiger partial charge on any atom is -0.486 e. The lowest BCUT2D eigenvalue weighted by Gasteiger charge is -2.09. The number of aryl methyl sites for hydroxylation is 2. The zero-order valence-corrected chi connectivity index (χ0v) is 9.73. The molecule has 1 aromatic carbocycles. The molecule has 6 nitrogen and oxygen atoms in total. The monoisotopic (exact) mass is 238 g/mol. The van der Waals surface area contributed by atoms with E-state index in [1.165, 1.54) is 6.07 Å². The highest BCUT2D eigenvalue weighted by Crippen LogP contribution is 2.31. The first kappa shape index (κ1) is 13.0. The number of nitrogens with zero attached hydrogens (tertiary/aromatic N) is 1. The van der Waals surface area contributed by atoms with Crippen LogP contribution in [-0.2, 0) is 4.79 Å². The van der Waals surface area contributed by atoms with Gasteiger partial charge in [0.05, 0.1) is 18.0 Å². The molecular formula is C11H14N2O4. The maximum absolute atomic E-state index is 10.9. The average Bonchev–Trinajstić information content (AvgIpc) is 2.19. The van der Waals surface area contributed by atoms with Gasteiger partial charge in [0, 0.05) is 6.07 Å². The quantitative estimate of drug-likeness (QED) is 0.620. The summed E-state index contributed by atoms with van der Waals surface area (Å²) in [7, 11) is 0. The molecule has 0 fully saturated rings. The SMILES string of the molecule is Cc1cc(C)c(OCCC(N)=O)c([N+](=O)[O-])c1. The van der Waals surface area contributed by atoms with Crippen LogP contribution in [0.25, 0.3) is 0 Å². The van der Waals surface area contributed by atoms with E-state index >= 15 is 0 Å². The van der Waals surface area contributed by atoms with Crippen molar-refractivity contribution in [2.45, 2.75) is 20.3 Å². The largest absolute Gasteiger partial charge is 0.486 e. The highest BCUT2D eigenvalue weighted by molar-refractivity contribution is 5.73. The van der Waals surface area contributed by atoms with Gasteiger partial charge in [0.15, 0.2) is 5.75 Å². The van der Waals surface area contributed by atoms with E-state index < -0.39 is 10.8 Å². The predicted molar refractivity (Wildman–Crippen MR) is 61.9 cm³/mol. The molecule has 0 saturated heterocycles. The fourth-order valence-electron chi connectivity index (χ4n) is 1.51. The Kier molecular flexibility index (Phi) is 4.03. The minimum absolute atomic E-state index is 0.0322. The van der Waals surface area contributed by atoms with Gasteiger partial charge in [-0.1, -0.05) is 6.07 Å². The van der Waals surface area contributed by atoms with Gasteiger partial charge in [-0.05, 0) is 25.0 Å². The van der Waals surface area contributed by atoms with Crippen molar-refractivity contribution >= 4 is 11.6 Å². The van der Waals surface area contributed by atoms with Crippen LogP contribution in [0.1, 0.15) is 17.5 Å². The number of nitrogens with two attached hydrogens (primary N) is 1. The number of rotatable bonds is 5. The van der Waals surface area contributed by atoms with Crippen molar-refractivity contribution in [3.05, 3.63) is 33.4 Å². The molecule has 0 radical (unpaired) electrons. The van der Waals surface area contributed by atoms with Crippen LogP contribution < -0.4 is 10.5 Å². The molecule has 0 saturated carbocycles. The van der Waals surface area contributed by atoms with Crippen LogP contribution in [-0.4, -0.2) is 17.4 Å². The van der Waals surface area contributed by atoms with E-state index in [4.69, 9.17) is 10.5 Å². The molecule has 1 rings (SSSR count). The maximum Gasteiger partial charge on any atom is 0.311 e. The van der Waals surface area contributed by atoms with Gasteiger partial charge in [0.1, 0.15) is 0 Å². The number of hydrogen-bond acceptors (Lipinski definition) is 4. The summed E-state index contributed by atoms with van der Waals surface area (Å²) in [4.78, 5) is 20.9. The summed E-state index contributed by atoms with van der Waals surface area (Å²) in [6, 6.07) is 3.22. The number of hydrogen-bond donors (Lipinski definition) is 1. The van der Waals surface area contributed by atoms with Gasteiger partial charge in [-0.25, -0.2) is 0 Å². The van der Waals surface area contributed by atoms with Crippen LogP contribution in [0, 0.1) is 24.0 Å². The second-order valence-corrected chi connectivity index (χ2v) is 3.75. The number of nitro groups is 1. The normalized spacial score (nSPS) is 10.0. The fraction of sp³-hybridized carbons (Fsp3) is 0.364. The van der Waals surface area contributed by atoms with Crippen molar-refractivity contribution in [1.29, 1.82) is 0 Å². The molecule has 0 aliphatic heterocycles. The Morgan fingerprint density at radius 3 is 2.65 bits per heavy atom. The molecule has 2 N–H and O–H groups in total. The van der Waals surface area contributed by atoms with Crippen LogP contribution in [0.4, 0.5) is 5.69 Å². The Balaban J connectivity index is 2.96. The first-order chi connectivity index (χ1) is 7.91. The predicted octanol–water partition coefficient (Wildman–Crippen LogP) is 1.47. The molecule has 0 bridgehead atoms. The van der Waals surface area contributed by atoms with Gasteiger partial charge in [-0.2, -0.15) is 0 Å². The number of carbonyl (C=O) groups excluding carboxylic acids is 1. The van der Waals surface area contributed by atoms with Crippen LogP contribution in [0.15, 0.2) is 12.1 Å². The van der Waals surface area contributed by atoms with E-state index in [1.54, 1.807) is 19.9 Å². The van der Waals surface area contributed by atoms with E-state index in [-0.39, 0.29) is 24.5 Å². The Morgan fingerprint density at radius 1 is 1.47 bits per heavy atom. The van der Waals surface area contributed by atoms with Gasteiger partial charge in [0.2, 0.25) is 5.91 Å². The molecule has 0 atom stereocenters. The van der Waals surface area contributed by atoms with Crippen LogP contribution in [0.2, 0.25) is 0 Å². The third-order valence-corrected chi connectivity index (χ3v) is 2.19. The van der Waals surface area contributed by atoms with Crippen molar-refractivity contribution in [2.75, 3.05) is 6.61 Å². The van der Waals surface area contributed by atoms with E-state index in [0.29, 0.717) is 5.56 Å². The molecular weight excluding hydrogens is 224 g/mol. The number of primary amides is 1. The van der Waals surface area contributed by atoms with Crippen molar-refractivity contribution < 1.29 is 14.5 Å². The van der Waals surface area contributed by atoms with Gasteiger partial charge in [0.25, 0.3) is 0 Å². The van der Waals surface area contributed by atoms with Gasteiger partial charge < -0.3 is 10.5 Å². The molecule has 0 aliphatic rings. The van der Waals surface area contributed by atoms with Crippen LogP contribution >= 0.6 is 0 Å². The molecule has 1 aromatic rings. The number of nitro benzene ring substituents is 1. The van der Waals surface area contributed by atoms with Crippen molar-refractivity contribution in [3.8, 4) is 5.75 Å². The highest BCUT2D eigenvalue weighted by Gasteiger charge is 2.18. The Morgan fingerprint density at radius 2 is 2.12 bits per heavy atom. The zero-order valence-electron chi connectivity index (χ0n) is 9.73. The lowest BCUT2D eigenvalue weighted by molar-refractivity contribution is -0.386. The van der Waals surface area contributed by atoms with E-state index in [2.05, 4.69) is 0 Å². The molecule has 92 valence electrons. The molecule has 0 aromatic heterocycles. The van der Waals surface area contributed by atoms with Gasteiger partial charge >= 0.3 is 5.69 Å². The van der Waals surface area contributed by atoms with Crippen LogP contribution in [0.5, 0.6) is 5.75 Å². The topological polar surface area (TPSA) is 95.5 Å². The summed E-state index contributed by atoms with van der Waals surface area (Å²) in [5, 5.41) is 10.9. The van der Waals surface area contributed by atoms with Gasteiger partial charge in [-0.15, -0.1) is 0 Å². The number of ether oxygens (including phenoxy) is 1. The van der Waals surface area contributed by atoms with E-state index in [9.17, 15) is 14.9 Å². The molecule has 0 aliphatic carbocycles. The Bertz CT molecular complexity index is 457. The summed E-state index contributed by atoms with van der Waals surface area (Å²) in [5.41, 5.74) is 6.33. The summed E-state index contributed by atoms with van der Waals surface area (Å²) in [6.45, 7) is 3.53. The van der Waals surface area contributed by atoms with Crippen LogP contribution in [0.3, 0.4) is 0 Å². The number of carbonyl (C=O) groups is 1. The van der Waals surface area contributed by atoms with E-state index in [0.717, 1.165) is 5.56 Å². The average molecular weight is 238 g/mol. The first-order valence-corrected chi connectivity index (χ1v) is 5.08. The number of amides is 1. The summed E-state index contributed by atoms with van der Waals surface area (Å²) in [5.74, 6) is -0.306. The van der Waals surface area contributed by atoms with E-state index in [1.807, 2.05) is 0 Å². The molecule has 6 heteroatoms. The van der Waals surface area contributed by atoms with Crippen molar-refractivity contribution in [1.82, 2.24) is 0 Å². The van der Waals surface area contributed by atoms with Gasteiger partial charge in [-0.3, -0.25) is 14.9 Å². The smallest absolute Gasteiger partial charge is 0.311 e. The third kappa shape index (κ3) is 3.44. The standard InChI is InChI=1S/C11H14N2O4/c1-7-5-8(2)11(9(6-7)13(15)16)17-4-3-10(12)14/h5-6H,3-4H2,1-2H3,(H2,12,14). The summed E-state index contributed by atoms with van der Waals surface area (Å²) < 4.78 is 5.25. The highest BCUT2D eigenvalue weighted by atomic mass is 16.6. The fourth-order valence-corrected chi connectivity index (χ4v) is 1.51. The molecule has 0 spiro atoms. The second kappa shape index (κ2) is 5.29. The molecule has 1 amide bonds. The maximum atomic E-state index is 10.9. The lowest BCUT2D eigenvalue weighted by atomic mass is 10.1. The lowest BCUT2D eigenvalue weighted by Crippen LogP contribution is -2.15. The minimum atomic E-state index is -0.502. The summed E-state index contributed by atoms with van der Waals surface area (Å²) >= 11 is 0.